The highest BCUT2D eigenvalue weighted by Gasteiger charge is 2.16. The van der Waals surface area contributed by atoms with E-state index >= 15 is 0 Å². The molecule has 33 heavy (non-hydrogen) atoms. The van der Waals surface area contributed by atoms with E-state index in [2.05, 4.69) is 35.8 Å². The molecule has 0 aliphatic carbocycles. The van der Waals surface area contributed by atoms with Gasteiger partial charge in [-0.3, -0.25) is 14.6 Å². The van der Waals surface area contributed by atoms with E-state index in [-0.39, 0.29) is 17.4 Å². The Hall–Kier alpha value is -4.80. The van der Waals surface area contributed by atoms with Crippen molar-refractivity contribution in [1.29, 1.82) is 0 Å². The van der Waals surface area contributed by atoms with Crippen LogP contribution in [0, 0.1) is 0 Å². The maximum absolute atomic E-state index is 12.5. The van der Waals surface area contributed by atoms with Gasteiger partial charge in [0, 0.05) is 11.4 Å². The van der Waals surface area contributed by atoms with Gasteiger partial charge in [0.25, 0.3) is 5.56 Å². The van der Waals surface area contributed by atoms with E-state index < -0.39 is 6.04 Å². The van der Waals surface area contributed by atoms with E-state index in [1.807, 2.05) is 30.3 Å². The molecule has 5 aromatic rings. The smallest absolute Gasteiger partial charge is 0.263 e. The van der Waals surface area contributed by atoms with Crippen molar-refractivity contribution in [3.63, 3.8) is 0 Å². The Morgan fingerprint density at radius 1 is 1.03 bits per heavy atom. The number of carbonyl (C=O) groups excluding carboxylic acids is 1. The lowest BCUT2D eigenvalue weighted by atomic mass is 10.2. The Labute approximate surface area is 187 Å². The normalized spacial score (nSPS) is 11.9. The average molecular weight is 441 g/mol. The zero-order valence-corrected chi connectivity index (χ0v) is 17.5. The van der Waals surface area contributed by atoms with Gasteiger partial charge in [-0.05, 0) is 43.3 Å². The van der Waals surface area contributed by atoms with E-state index in [1.54, 1.807) is 35.9 Å². The summed E-state index contributed by atoms with van der Waals surface area (Å²) in [6.07, 6.45) is 4.37. The zero-order chi connectivity index (χ0) is 22.8. The number of amides is 1. The Morgan fingerprint density at radius 3 is 2.52 bits per heavy atom. The van der Waals surface area contributed by atoms with Crippen LogP contribution in [0.2, 0.25) is 0 Å². The molecule has 1 unspecified atom stereocenters. The van der Waals surface area contributed by atoms with Gasteiger partial charge < -0.3 is 10.6 Å². The Balaban J connectivity index is 1.34. The van der Waals surface area contributed by atoms with Gasteiger partial charge in [-0.2, -0.15) is 15.2 Å². The summed E-state index contributed by atoms with van der Waals surface area (Å²) in [7, 11) is 0. The number of aromatic amines is 1. The lowest BCUT2D eigenvalue weighted by molar-refractivity contribution is -0.119. The van der Waals surface area contributed by atoms with Crippen LogP contribution in [-0.2, 0) is 4.79 Å². The number of benzene rings is 2. The van der Waals surface area contributed by atoms with Crippen molar-refractivity contribution in [3.05, 3.63) is 83.8 Å². The number of nitrogens with zero attached hydrogens (tertiary/aromatic N) is 6. The Morgan fingerprint density at radius 2 is 1.79 bits per heavy atom. The van der Waals surface area contributed by atoms with Crippen molar-refractivity contribution in [2.24, 2.45) is 0 Å². The number of H-pyrrole nitrogens is 1. The fourth-order valence-electron chi connectivity index (χ4n) is 3.29. The first kappa shape index (κ1) is 20.1. The quantitative estimate of drug-likeness (QED) is 0.369. The molecule has 164 valence electrons. The predicted octanol–water partition coefficient (Wildman–Crippen LogP) is 2.64. The van der Waals surface area contributed by atoms with Gasteiger partial charge >= 0.3 is 0 Å². The third-order valence-electron chi connectivity index (χ3n) is 5.07. The van der Waals surface area contributed by atoms with Crippen molar-refractivity contribution in [2.75, 3.05) is 10.6 Å². The number of rotatable bonds is 6. The van der Waals surface area contributed by atoms with Crippen LogP contribution < -0.4 is 16.2 Å². The molecule has 0 bridgehead atoms. The molecule has 0 fully saturated rings. The number of hydrogen-bond acceptors (Lipinski definition) is 7. The molecule has 0 spiro atoms. The topological polar surface area (TPSA) is 135 Å². The lowest BCUT2D eigenvalue weighted by Gasteiger charge is -2.12. The van der Waals surface area contributed by atoms with Gasteiger partial charge in [-0.1, -0.05) is 18.2 Å². The molecule has 0 saturated heterocycles. The maximum atomic E-state index is 12.5. The summed E-state index contributed by atoms with van der Waals surface area (Å²) in [5.74, 6) is 0.0635. The molecule has 3 N–H and O–H groups in total. The molecule has 0 saturated carbocycles. The third kappa shape index (κ3) is 4.06. The van der Waals surface area contributed by atoms with Crippen LogP contribution in [0.1, 0.15) is 13.0 Å². The second kappa shape index (κ2) is 8.38. The van der Waals surface area contributed by atoms with Crippen molar-refractivity contribution in [1.82, 2.24) is 34.5 Å². The molecule has 0 aliphatic heterocycles. The van der Waals surface area contributed by atoms with E-state index in [4.69, 9.17) is 0 Å². The standard InChI is InChI=1S/C22H19N9O2/c1-14(30-13-23-12-25-30)20(32)26-15-7-9-16(10-8-15)27-22-28-19-18(21(33)29-22)11-24-31(19)17-5-3-2-4-6-17/h2-14H,1H3,(H,26,32)(H2,27,28,29,33). The average Bonchev–Trinajstić information content (AvgIpc) is 3.51. The minimum Gasteiger partial charge on any atom is -0.326 e. The molecule has 5 rings (SSSR count). The Bertz CT molecular complexity index is 1460. The summed E-state index contributed by atoms with van der Waals surface area (Å²) in [6.45, 7) is 1.73. The molecule has 1 amide bonds. The first-order valence-electron chi connectivity index (χ1n) is 10.1. The van der Waals surface area contributed by atoms with E-state index in [1.165, 1.54) is 23.5 Å². The SMILES string of the molecule is CC(C(=O)Nc1ccc(Nc2nc3c(cnn3-c3ccccc3)c(=O)[nH]2)cc1)n1cncn1. The number of aromatic nitrogens is 7. The van der Waals surface area contributed by atoms with E-state index in [0.29, 0.717) is 22.4 Å². The highest BCUT2D eigenvalue weighted by atomic mass is 16.2. The lowest BCUT2D eigenvalue weighted by Crippen LogP contribution is -2.24. The van der Waals surface area contributed by atoms with Gasteiger partial charge in [-0.25, -0.2) is 14.3 Å². The summed E-state index contributed by atoms with van der Waals surface area (Å²) in [4.78, 5) is 36.0. The first-order valence-corrected chi connectivity index (χ1v) is 10.1. The minimum absolute atomic E-state index is 0.216. The summed E-state index contributed by atoms with van der Waals surface area (Å²) in [5, 5.41) is 14.6. The molecule has 1 atom stereocenters. The highest BCUT2D eigenvalue weighted by Crippen LogP contribution is 2.19. The number of hydrogen-bond donors (Lipinski definition) is 3. The second-order valence-electron chi connectivity index (χ2n) is 7.29. The van der Waals surface area contributed by atoms with Crippen molar-refractivity contribution in [3.8, 4) is 5.69 Å². The maximum Gasteiger partial charge on any atom is 0.263 e. The molecule has 2 aromatic carbocycles. The van der Waals surface area contributed by atoms with Gasteiger partial charge in [0.05, 0.1) is 11.9 Å². The van der Waals surface area contributed by atoms with Crippen molar-refractivity contribution in [2.45, 2.75) is 13.0 Å². The van der Waals surface area contributed by atoms with Crippen LogP contribution >= 0.6 is 0 Å². The molecular formula is C22H19N9O2. The van der Waals surface area contributed by atoms with E-state index in [0.717, 1.165) is 5.69 Å². The summed E-state index contributed by atoms with van der Waals surface area (Å²) < 4.78 is 3.09. The van der Waals surface area contributed by atoms with Crippen LogP contribution in [0.5, 0.6) is 0 Å². The van der Waals surface area contributed by atoms with Gasteiger partial charge in [0.2, 0.25) is 11.9 Å². The summed E-state index contributed by atoms with van der Waals surface area (Å²) in [5.41, 5.74) is 2.26. The highest BCUT2D eigenvalue weighted by molar-refractivity contribution is 5.93. The summed E-state index contributed by atoms with van der Waals surface area (Å²) in [6, 6.07) is 16.0. The van der Waals surface area contributed by atoms with Crippen LogP contribution in [0.25, 0.3) is 16.7 Å². The minimum atomic E-state index is -0.499. The van der Waals surface area contributed by atoms with Gasteiger partial charge in [-0.15, -0.1) is 0 Å². The van der Waals surface area contributed by atoms with Crippen molar-refractivity contribution < 1.29 is 4.79 Å². The first-order chi connectivity index (χ1) is 16.1. The second-order valence-corrected chi connectivity index (χ2v) is 7.29. The largest absolute Gasteiger partial charge is 0.326 e. The third-order valence-corrected chi connectivity index (χ3v) is 5.07. The van der Waals surface area contributed by atoms with Crippen LogP contribution in [-0.4, -0.2) is 40.4 Å². The Kier molecular flexibility index (Phi) is 5.11. The number of nitrogens with one attached hydrogen (secondary N) is 3. The summed E-state index contributed by atoms with van der Waals surface area (Å²) >= 11 is 0. The molecule has 3 heterocycles. The van der Waals surface area contributed by atoms with Gasteiger partial charge in [0.1, 0.15) is 24.1 Å². The van der Waals surface area contributed by atoms with Crippen LogP contribution in [0.4, 0.5) is 17.3 Å². The van der Waals surface area contributed by atoms with Crippen LogP contribution in [0.3, 0.4) is 0 Å². The number of para-hydroxylation sites is 1. The number of carbonyl (C=O) groups is 1. The van der Waals surface area contributed by atoms with Crippen molar-refractivity contribution >= 4 is 34.3 Å². The molecule has 0 radical (unpaired) electrons. The molecule has 11 heteroatoms. The molecule has 11 nitrogen and oxygen atoms in total. The fourth-order valence-corrected chi connectivity index (χ4v) is 3.29. The van der Waals surface area contributed by atoms with Crippen LogP contribution in [0.15, 0.2) is 78.2 Å². The zero-order valence-electron chi connectivity index (χ0n) is 17.5. The predicted molar refractivity (Wildman–Crippen MR) is 123 cm³/mol. The monoisotopic (exact) mass is 441 g/mol. The van der Waals surface area contributed by atoms with E-state index in [9.17, 15) is 9.59 Å². The fraction of sp³-hybridized carbons (Fsp3) is 0.0909. The number of fused-ring (bicyclic) bond motifs is 1. The molecular weight excluding hydrogens is 422 g/mol. The molecule has 3 aromatic heterocycles. The molecule has 0 aliphatic rings. The van der Waals surface area contributed by atoms with Gasteiger partial charge in [0.15, 0.2) is 5.65 Å². The number of anilines is 3.